The Morgan fingerprint density at radius 2 is 2.10 bits per heavy atom. The van der Waals surface area contributed by atoms with Crippen molar-refractivity contribution in [3.63, 3.8) is 0 Å². The van der Waals surface area contributed by atoms with Crippen molar-refractivity contribution >= 4 is 0 Å². The van der Waals surface area contributed by atoms with Crippen LogP contribution in [0.5, 0.6) is 0 Å². The molecule has 1 nitrogen and oxygen atoms in total. The van der Waals surface area contributed by atoms with Crippen molar-refractivity contribution in [3.8, 4) is 0 Å². The van der Waals surface area contributed by atoms with Gasteiger partial charge in [-0.25, -0.2) is 0 Å². The van der Waals surface area contributed by atoms with E-state index in [2.05, 4.69) is 13.8 Å². The quantitative estimate of drug-likeness (QED) is 0.638. The van der Waals surface area contributed by atoms with Crippen molar-refractivity contribution in [2.75, 3.05) is 0 Å². The Balaban J connectivity index is 2.24. The van der Waals surface area contributed by atoms with Gasteiger partial charge in [-0.3, -0.25) is 0 Å². The van der Waals surface area contributed by atoms with Crippen molar-refractivity contribution in [3.05, 3.63) is 0 Å². The molecule has 1 aliphatic carbocycles. The molecule has 1 rings (SSSR count). The lowest BCUT2D eigenvalue weighted by Gasteiger charge is -2.18. The molecule has 0 spiro atoms. The van der Waals surface area contributed by atoms with Gasteiger partial charge >= 0.3 is 0 Å². The first-order chi connectivity index (χ1) is 4.71. The summed E-state index contributed by atoms with van der Waals surface area (Å²) < 4.78 is 0. The maximum absolute atomic E-state index is 5.87. The third-order valence-electron chi connectivity index (χ3n) is 2.89. The minimum Gasteiger partial charge on any atom is -0.327 e. The first-order valence-corrected chi connectivity index (χ1v) is 4.47. The Bertz CT molecular complexity index is 103. The third-order valence-corrected chi connectivity index (χ3v) is 2.89. The second-order valence-corrected chi connectivity index (χ2v) is 3.75. The fourth-order valence-electron chi connectivity index (χ4n) is 1.62. The van der Waals surface area contributed by atoms with E-state index < -0.39 is 0 Å². The summed E-state index contributed by atoms with van der Waals surface area (Å²) in [4.78, 5) is 0. The van der Waals surface area contributed by atoms with E-state index in [1.807, 2.05) is 0 Å². The second kappa shape index (κ2) is 2.91. The molecule has 1 saturated carbocycles. The lowest BCUT2D eigenvalue weighted by molar-refractivity contribution is 0.377. The van der Waals surface area contributed by atoms with Crippen LogP contribution in [0, 0.1) is 5.41 Å². The Hall–Kier alpha value is -0.0400. The fraction of sp³-hybridized carbons (Fsp3) is 1.00. The largest absolute Gasteiger partial charge is 0.327 e. The van der Waals surface area contributed by atoms with Crippen LogP contribution in [0.3, 0.4) is 0 Å². The zero-order chi connectivity index (χ0) is 7.61. The first-order valence-electron chi connectivity index (χ1n) is 4.47. The zero-order valence-corrected chi connectivity index (χ0v) is 7.19. The van der Waals surface area contributed by atoms with E-state index in [1.165, 1.54) is 32.1 Å². The molecule has 1 unspecified atom stereocenters. The highest BCUT2D eigenvalue weighted by atomic mass is 14.7. The molecule has 1 fully saturated rings. The SMILES string of the molecule is CCCCC1(C(C)N)CC1. The summed E-state index contributed by atoms with van der Waals surface area (Å²) in [5.41, 5.74) is 6.45. The van der Waals surface area contributed by atoms with Gasteiger partial charge in [0.15, 0.2) is 0 Å². The minimum atomic E-state index is 0.430. The smallest absolute Gasteiger partial charge is 0.00670 e. The van der Waals surface area contributed by atoms with Gasteiger partial charge in [0.2, 0.25) is 0 Å². The van der Waals surface area contributed by atoms with E-state index in [0.717, 1.165) is 0 Å². The average molecular weight is 141 g/mol. The molecule has 0 amide bonds. The number of nitrogens with two attached hydrogens (primary N) is 1. The predicted octanol–water partition coefficient (Wildman–Crippen LogP) is 2.30. The Labute approximate surface area is 64.0 Å². The fourth-order valence-corrected chi connectivity index (χ4v) is 1.62. The Kier molecular flexibility index (Phi) is 2.35. The van der Waals surface area contributed by atoms with E-state index in [9.17, 15) is 0 Å². The van der Waals surface area contributed by atoms with Crippen molar-refractivity contribution < 1.29 is 0 Å². The van der Waals surface area contributed by atoms with Gasteiger partial charge in [0.25, 0.3) is 0 Å². The molecule has 0 aliphatic heterocycles. The molecule has 0 heterocycles. The normalized spacial score (nSPS) is 24.3. The summed E-state index contributed by atoms with van der Waals surface area (Å²) in [6, 6.07) is 0.430. The van der Waals surface area contributed by atoms with Gasteiger partial charge in [0, 0.05) is 6.04 Å². The average Bonchev–Trinajstić information content (AvgIpc) is 2.64. The molecule has 2 N–H and O–H groups in total. The van der Waals surface area contributed by atoms with Crippen LogP contribution in [0.25, 0.3) is 0 Å². The summed E-state index contributed by atoms with van der Waals surface area (Å²) in [5.74, 6) is 0. The van der Waals surface area contributed by atoms with Crippen molar-refractivity contribution in [2.24, 2.45) is 11.1 Å². The summed E-state index contributed by atoms with van der Waals surface area (Å²) in [6.45, 7) is 4.40. The Morgan fingerprint density at radius 3 is 2.40 bits per heavy atom. The van der Waals surface area contributed by atoms with E-state index in [1.54, 1.807) is 0 Å². The van der Waals surface area contributed by atoms with Crippen LogP contribution < -0.4 is 5.73 Å². The van der Waals surface area contributed by atoms with Crippen molar-refractivity contribution in [1.29, 1.82) is 0 Å². The monoisotopic (exact) mass is 141 g/mol. The van der Waals surface area contributed by atoms with Crippen LogP contribution in [0.4, 0.5) is 0 Å². The number of unbranched alkanes of at least 4 members (excludes halogenated alkanes) is 1. The highest BCUT2D eigenvalue weighted by Gasteiger charge is 2.44. The third kappa shape index (κ3) is 1.51. The van der Waals surface area contributed by atoms with Crippen LogP contribution in [0.2, 0.25) is 0 Å². The molecule has 0 aromatic rings. The van der Waals surface area contributed by atoms with E-state index in [0.29, 0.717) is 11.5 Å². The molecule has 0 bridgehead atoms. The molecule has 10 heavy (non-hydrogen) atoms. The van der Waals surface area contributed by atoms with Gasteiger partial charge in [0.05, 0.1) is 0 Å². The second-order valence-electron chi connectivity index (χ2n) is 3.75. The van der Waals surface area contributed by atoms with Gasteiger partial charge < -0.3 is 5.73 Å². The number of hydrogen-bond donors (Lipinski definition) is 1. The van der Waals surface area contributed by atoms with Crippen LogP contribution in [-0.2, 0) is 0 Å². The molecule has 1 aliphatic rings. The standard InChI is InChI=1S/C9H19N/c1-3-4-5-9(6-7-9)8(2)10/h8H,3-7,10H2,1-2H3. The molecule has 1 atom stereocenters. The van der Waals surface area contributed by atoms with Crippen LogP contribution in [-0.4, -0.2) is 6.04 Å². The summed E-state index contributed by atoms with van der Waals surface area (Å²) >= 11 is 0. The number of hydrogen-bond acceptors (Lipinski definition) is 1. The molecular weight excluding hydrogens is 122 g/mol. The maximum atomic E-state index is 5.87. The molecule has 60 valence electrons. The van der Waals surface area contributed by atoms with Gasteiger partial charge in [-0.1, -0.05) is 19.8 Å². The van der Waals surface area contributed by atoms with Crippen LogP contribution >= 0.6 is 0 Å². The summed E-state index contributed by atoms with van der Waals surface area (Å²) in [7, 11) is 0. The van der Waals surface area contributed by atoms with Gasteiger partial charge in [-0.05, 0) is 31.6 Å². The predicted molar refractivity (Wildman–Crippen MR) is 44.8 cm³/mol. The molecular formula is C9H19N. The van der Waals surface area contributed by atoms with Crippen LogP contribution in [0.1, 0.15) is 46.0 Å². The zero-order valence-electron chi connectivity index (χ0n) is 7.19. The van der Waals surface area contributed by atoms with Gasteiger partial charge in [-0.2, -0.15) is 0 Å². The molecule has 0 aromatic carbocycles. The lowest BCUT2D eigenvalue weighted by atomic mass is 9.92. The lowest BCUT2D eigenvalue weighted by Crippen LogP contribution is -2.27. The highest BCUT2D eigenvalue weighted by Crippen LogP contribution is 2.51. The summed E-state index contributed by atoms with van der Waals surface area (Å²) in [6.07, 6.45) is 6.80. The maximum Gasteiger partial charge on any atom is 0.00670 e. The topological polar surface area (TPSA) is 26.0 Å². The van der Waals surface area contributed by atoms with E-state index in [-0.39, 0.29) is 0 Å². The molecule has 1 heteroatoms. The van der Waals surface area contributed by atoms with Gasteiger partial charge in [0.1, 0.15) is 0 Å². The van der Waals surface area contributed by atoms with Crippen molar-refractivity contribution in [1.82, 2.24) is 0 Å². The highest BCUT2D eigenvalue weighted by molar-refractivity contribution is 4.98. The first kappa shape index (κ1) is 8.06. The Morgan fingerprint density at radius 1 is 1.50 bits per heavy atom. The van der Waals surface area contributed by atoms with Crippen molar-refractivity contribution in [2.45, 2.75) is 52.0 Å². The van der Waals surface area contributed by atoms with Crippen LogP contribution in [0.15, 0.2) is 0 Å². The molecule has 0 saturated heterocycles. The summed E-state index contributed by atoms with van der Waals surface area (Å²) in [5, 5.41) is 0. The molecule has 0 radical (unpaired) electrons. The number of rotatable bonds is 4. The molecule has 0 aromatic heterocycles. The van der Waals surface area contributed by atoms with E-state index in [4.69, 9.17) is 5.73 Å². The van der Waals surface area contributed by atoms with Gasteiger partial charge in [-0.15, -0.1) is 0 Å². The van der Waals surface area contributed by atoms with E-state index >= 15 is 0 Å². The minimum absolute atomic E-state index is 0.430.